The Labute approximate surface area is 320 Å². The molecular formula is C54H35N. The topological polar surface area (TPSA) is 4.93 Å². The first-order valence-electron chi connectivity index (χ1n) is 19.3. The summed E-state index contributed by atoms with van der Waals surface area (Å²) in [5.74, 6) is 0.251. The van der Waals surface area contributed by atoms with E-state index in [1.807, 2.05) is 0 Å². The standard InChI is InChI=1S/C54H35N/c1-2-11-34(12-3-1)54-48-17-7-6-15-45(48)51-31-37(25-28-49(51)54)38-24-27-47-46-16-8-9-20-52(46)55(53(47)33-38)41-26-23-35-29-40(22-21-36(35)30-41)43-18-10-19-44-42-14-5-4-13-39(42)32-50(43)44/h1-31,33,54H,32H2. The molecule has 1 heteroatoms. The molecule has 12 rings (SSSR count). The molecule has 1 nitrogen and oxygen atoms in total. The van der Waals surface area contributed by atoms with Gasteiger partial charge in [-0.15, -0.1) is 0 Å². The molecule has 0 saturated heterocycles. The zero-order valence-corrected chi connectivity index (χ0v) is 30.2. The van der Waals surface area contributed by atoms with Crippen LogP contribution in [0.15, 0.2) is 194 Å². The van der Waals surface area contributed by atoms with Gasteiger partial charge in [0.15, 0.2) is 0 Å². The first-order valence-corrected chi connectivity index (χ1v) is 19.3. The molecule has 1 unspecified atom stereocenters. The van der Waals surface area contributed by atoms with E-state index in [1.54, 1.807) is 0 Å². The van der Waals surface area contributed by atoms with E-state index in [9.17, 15) is 0 Å². The van der Waals surface area contributed by atoms with Crippen molar-refractivity contribution in [1.29, 1.82) is 0 Å². The largest absolute Gasteiger partial charge is 0.309 e. The number of para-hydroxylation sites is 1. The van der Waals surface area contributed by atoms with Crippen molar-refractivity contribution >= 4 is 32.6 Å². The lowest BCUT2D eigenvalue weighted by molar-refractivity contribution is 1.02. The van der Waals surface area contributed by atoms with Gasteiger partial charge in [-0.05, 0) is 126 Å². The highest BCUT2D eigenvalue weighted by atomic mass is 15.0. The van der Waals surface area contributed by atoms with Crippen molar-refractivity contribution in [3.8, 4) is 50.2 Å². The number of benzene rings is 9. The summed E-state index contributed by atoms with van der Waals surface area (Å²) in [6.45, 7) is 0. The van der Waals surface area contributed by atoms with Crippen molar-refractivity contribution in [3.05, 3.63) is 222 Å². The van der Waals surface area contributed by atoms with Crippen LogP contribution < -0.4 is 0 Å². The summed E-state index contributed by atoms with van der Waals surface area (Å²) in [4.78, 5) is 0. The molecule has 256 valence electrons. The molecule has 0 saturated carbocycles. The van der Waals surface area contributed by atoms with Gasteiger partial charge < -0.3 is 4.57 Å². The fourth-order valence-electron chi connectivity index (χ4n) is 9.78. The fourth-order valence-corrected chi connectivity index (χ4v) is 9.78. The van der Waals surface area contributed by atoms with E-state index in [-0.39, 0.29) is 5.92 Å². The summed E-state index contributed by atoms with van der Waals surface area (Å²) < 4.78 is 2.46. The van der Waals surface area contributed by atoms with E-state index < -0.39 is 0 Å². The van der Waals surface area contributed by atoms with Gasteiger partial charge in [-0.3, -0.25) is 0 Å². The van der Waals surface area contributed by atoms with Crippen LogP contribution in [0.3, 0.4) is 0 Å². The Balaban J connectivity index is 0.966. The smallest absolute Gasteiger partial charge is 0.0547 e. The van der Waals surface area contributed by atoms with E-state index in [4.69, 9.17) is 0 Å². The van der Waals surface area contributed by atoms with Crippen molar-refractivity contribution in [3.63, 3.8) is 0 Å². The minimum Gasteiger partial charge on any atom is -0.309 e. The van der Waals surface area contributed by atoms with Gasteiger partial charge in [0.1, 0.15) is 0 Å². The summed E-state index contributed by atoms with van der Waals surface area (Å²) in [6.07, 6.45) is 0.987. The van der Waals surface area contributed by atoms with Gasteiger partial charge in [-0.2, -0.15) is 0 Å². The van der Waals surface area contributed by atoms with Crippen molar-refractivity contribution in [2.24, 2.45) is 0 Å². The zero-order chi connectivity index (χ0) is 36.0. The molecule has 0 N–H and O–H groups in total. The average Bonchev–Trinajstić information content (AvgIpc) is 3.91. The molecule has 1 aromatic heterocycles. The Bertz CT molecular complexity index is 3180. The summed E-state index contributed by atoms with van der Waals surface area (Å²) >= 11 is 0. The van der Waals surface area contributed by atoms with E-state index in [0.717, 1.165) is 6.42 Å². The van der Waals surface area contributed by atoms with Crippen LogP contribution in [0.2, 0.25) is 0 Å². The predicted molar refractivity (Wildman–Crippen MR) is 230 cm³/mol. The number of fused-ring (bicyclic) bond motifs is 10. The van der Waals surface area contributed by atoms with Gasteiger partial charge in [-0.25, -0.2) is 0 Å². The highest BCUT2D eigenvalue weighted by Gasteiger charge is 2.30. The van der Waals surface area contributed by atoms with Crippen LogP contribution in [0, 0.1) is 0 Å². The van der Waals surface area contributed by atoms with E-state index >= 15 is 0 Å². The van der Waals surface area contributed by atoms with Crippen LogP contribution in [0.5, 0.6) is 0 Å². The molecule has 0 fully saturated rings. The molecule has 2 aliphatic carbocycles. The highest BCUT2D eigenvalue weighted by molar-refractivity contribution is 6.10. The molecule has 1 atom stereocenters. The first kappa shape index (κ1) is 30.5. The van der Waals surface area contributed by atoms with Gasteiger partial charge in [0.2, 0.25) is 0 Å². The van der Waals surface area contributed by atoms with Gasteiger partial charge in [0, 0.05) is 22.4 Å². The van der Waals surface area contributed by atoms with Crippen LogP contribution in [-0.2, 0) is 6.42 Å². The average molecular weight is 698 g/mol. The Hall–Kier alpha value is -6.96. The third-order valence-electron chi connectivity index (χ3n) is 12.3. The molecule has 0 radical (unpaired) electrons. The van der Waals surface area contributed by atoms with E-state index in [2.05, 4.69) is 199 Å². The number of nitrogens with zero attached hydrogens (tertiary/aromatic N) is 1. The summed E-state index contributed by atoms with van der Waals surface area (Å²) in [7, 11) is 0. The normalized spacial score (nSPS) is 13.9. The lowest BCUT2D eigenvalue weighted by atomic mass is 9.89. The van der Waals surface area contributed by atoms with Crippen molar-refractivity contribution in [2.75, 3.05) is 0 Å². The molecule has 55 heavy (non-hydrogen) atoms. The van der Waals surface area contributed by atoms with Gasteiger partial charge in [-0.1, -0.05) is 158 Å². The second-order valence-electron chi connectivity index (χ2n) is 15.2. The van der Waals surface area contributed by atoms with Crippen LogP contribution in [0.4, 0.5) is 0 Å². The number of rotatable bonds is 4. The van der Waals surface area contributed by atoms with E-state index in [1.165, 1.54) is 111 Å². The predicted octanol–water partition coefficient (Wildman–Crippen LogP) is 14.0. The van der Waals surface area contributed by atoms with Crippen molar-refractivity contribution in [1.82, 2.24) is 4.57 Å². The molecular weight excluding hydrogens is 663 g/mol. The van der Waals surface area contributed by atoms with Crippen LogP contribution >= 0.6 is 0 Å². The molecule has 2 aliphatic rings. The first-order chi connectivity index (χ1) is 27.3. The lowest BCUT2D eigenvalue weighted by Crippen LogP contribution is -1.98. The SMILES string of the molecule is c1ccc(C2c3ccccc3-c3cc(-c4ccc5c6ccccc6n(-c6ccc7cc(-c8cccc9c8Cc8ccccc8-9)ccc7c6)c5c4)ccc32)cc1. The number of hydrogen-bond donors (Lipinski definition) is 0. The maximum absolute atomic E-state index is 2.46. The Morgan fingerprint density at radius 1 is 0.382 bits per heavy atom. The second kappa shape index (κ2) is 11.8. The third-order valence-corrected chi connectivity index (χ3v) is 12.3. The van der Waals surface area contributed by atoms with Gasteiger partial charge >= 0.3 is 0 Å². The maximum Gasteiger partial charge on any atom is 0.0547 e. The second-order valence-corrected chi connectivity index (χ2v) is 15.2. The molecule has 0 amide bonds. The summed E-state index contributed by atoms with van der Waals surface area (Å²) in [5, 5.41) is 5.03. The quantitative estimate of drug-likeness (QED) is 0.173. The molecule has 1 heterocycles. The van der Waals surface area contributed by atoms with E-state index in [0.29, 0.717) is 0 Å². The van der Waals surface area contributed by atoms with Crippen LogP contribution in [0.25, 0.3) is 82.8 Å². The number of aromatic nitrogens is 1. The summed E-state index contributed by atoms with van der Waals surface area (Å²) in [6, 6.07) is 72.4. The Kier molecular flexibility index (Phi) is 6.53. The minimum absolute atomic E-state index is 0.251. The van der Waals surface area contributed by atoms with Gasteiger partial charge in [0.05, 0.1) is 11.0 Å². The molecule has 9 aromatic carbocycles. The third kappa shape index (κ3) is 4.60. The Morgan fingerprint density at radius 2 is 1.05 bits per heavy atom. The monoisotopic (exact) mass is 697 g/mol. The van der Waals surface area contributed by atoms with Gasteiger partial charge in [0.25, 0.3) is 0 Å². The molecule has 0 spiro atoms. The lowest BCUT2D eigenvalue weighted by Gasteiger charge is -2.15. The zero-order valence-electron chi connectivity index (χ0n) is 30.2. The molecule has 10 aromatic rings. The molecule has 0 bridgehead atoms. The fraction of sp³-hybridized carbons (Fsp3) is 0.0370. The maximum atomic E-state index is 2.46. The van der Waals surface area contributed by atoms with Crippen molar-refractivity contribution < 1.29 is 0 Å². The number of hydrogen-bond acceptors (Lipinski definition) is 0. The van der Waals surface area contributed by atoms with Crippen LogP contribution in [0.1, 0.15) is 33.7 Å². The minimum atomic E-state index is 0.251. The molecule has 0 aliphatic heterocycles. The Morgan fingerprint density at radius 3 is 2.00 bits per heavy atom. The highest BCUT2D eigenvalue weighted by Crippen LogP contribution is 2.49. The van der Waals surface area contributed by atoms with Crippen LogP contribution in [-0.4, -0.2) is 4.57 Å². The summed E-state index contributed by atoms with van der Waals surface area (Å²) in [5.41, 5.74) is 21.1. The van der Waals surface area contributed by atoms with Crippen molar-refractivity contribution in [2.45, 2.75) is 12.3 Å².